The Morgan fingerprint density at radius 1 is 0.667 bits per heavy atom. The van der Waals surface area contributed by atoms with E-state index in [1.54, 1.807) is 31.8 Å². The molecule has 0 saturated carbocycles. The zero-order valence-corrected chi connectivity index (χ0v) is 8.68. The summed E-state index contributed by atoms with van der Waals surface area (Å²) in [5.74, 6) is 0. The summed E-state index contributed by atoms with van der Waals surface area (Å²) < 4.78 is 0. The molecule has 0 amide bonds. The Bertz CT molecular complexity index is 145. The summed E-state index contributed by atoms with van der Waals surface area (Å²) in [6.45, 7) is 0. The molecule has 4 saturated heterocycles. The van der Waals surface area contributed by atoms with E-state index < -0.39 is 0 Å². The van der Waals surface area contributed by atoms with Crippen molar-refractivity contribution in [1.82, 2.24) is 0 Å². The van der Waals surface area contributed by atoms with Gasteiger partial charge in [0.2, 0.25) is 0 Å². The molecule has 4 rings (SSSR count). The summed E-state index contributed by atoms with van der Waals surface area (Å²) in [6.07, 6.45) is 0. The van der Waals surface area contributed by atoms with Crippen LogP contribution in [0, 0.1) is 0 Å². The topological polar surface area (TPSA) is 0 Å². The molecule has 0 aromatic rings. The molecular weight excluding hydrogens is 186 g/mol. The maximum absolute atomic E-state index is 1.76. The molecule has 0 atom stereocenters. The van der Waals surface area contributed by atoms with Gasteiger partial charge in [-0.05, 0) is 0 Å². The molecule has 4 aliphatic rings. The fourth-order valence-electron chi connectivity index (χ4n) is 1.44. The van der Waals surface area contributed by atoms with Crippen LogP contribution in [0.25, 0.3) is 0 Å². The van der Waals surface area contributed by atoms with Crippen LogP contribution in [0.2, 0.25) is 0 Å². The minimum atomic E-state index is -0.1000. The van der Waals surface area contributed by atoms with E-state index >= 15 is 0 Å². The van der Waals surface area contributed by atoms with Gasteiger partial charge in [0.05, 0.1) is 0 Å². The first kappa shape index (κ1) is 3.68. The molecule has 4 fully saturated rings. The van der Waals surface area contributed by atoms with Gasteiger partial charge in [-0.3, -0.25) is 0 Å². The number of rotatable bonds is 0. The molecule has 4 heterocycles. The van der Waals surface area contributed by atoms with Gasteiger partial charge < -0.3 is 0 Å². The molecule has 0 nitrogen and oxygen atoms in total. The van der Waals surface area contributed by atoms with E-state index in [0.29, 0.717) is 0 Å². The fourth-order valence-corrected chi connectivity index (χ4v) is 301. The third kappa shape index (κ3) is 0.113. The Balaban J connectivity index is 2.64. The molecule has 0 N–H and O–H groups in total. The first-order chi connectivity index (χ1) is 2.73. The van der Waals surface area contributed by atoms with Crippen LogP contribution in [0.15, 0.2) is 0 Å². The SMILES string of the molecule is P1P234PP12(P3)P4. The van der Waals surface area contributed by atoms with Gasteiger partial charge in [-0.2, -0.15) is 0 Å². The molecule has 34 valence electrons. The molecule has 0 radical (unpaired) electrons. The van der Waals surface area contributed by atoms with Crippen LogP contribution in [-0.4, -0.2) is 0 Å². The third-order valence-corrected chi connectivity index (χ3v) is 157. The summed E-state index contributed by atoms with van der Waals surface area (Å²) in [5, 5.41) is -0.200. The predicted octanol–water partition coefficient (Wildman–Crippen LogP) is 4.10. The van der Waals surface area contributed by atoms with Gasteiger partial charge in [0.15, 0.2) is 0 Å². The van der Waals surface area contributed by atoms with Crippen LogP contribution in [0.4, 0.5) is 0 Å². The summed E-state index contributed by atoms with van der Waals surface area (Å²) >= 11 is 0. The molecule has 0 spiro atoms. The molecule has 6 heteroatoms. The molecule has 0 bridgehead atoms. The van der Waals surface area contributed by atoms with Gasteiger partial charge in [-0.15, -0.1) is 0 Å². The Kier molecular flexibility index (Phi) is 0.285. The third-order valence-electron chi connectivity index (χ3n) is 2.20. The Morgan fingerprint density at radius 2 is 0.833 bits per heavy atom. The zero-order chi connectivity index (χ0) is 3.72. The van der Waals surface area contributed by atoms with Crippen molar-refractivity contribution in [3.63, 3.8) is 0 Å². The van der Waals surface area contributed by atoms with E-state index in [-0.39, 0.29) is 10.1 Å². The monoisotopic (exact) mass is 190 g/mol. The summed E-state index contributed by atoms with van der Waals surface area (Å²) in [7, 11) is 7.04. The number of hydrogen-bond donors (Lipinski definition) is 0. The summed E-state index contributed by atoms with van der Waals surface area (Å²) in [5.41, 5.74) is 0. The normalized spacial score (nSPS) is 98.7. The van der Waals surface area contributed by atoms with E-state index in [9.17, 15) is 0 Å². The van der Waals surface area contributed by atoms with Gasteiger partial charge in [-0.25, -0.2) is 0 Å². The molecule has 0 aromatic carbocycles. The van der Waals surface area contributed by atoms with E-state index in [1.807, 2.05) is 0 Å². The number of hydrogen-bond acceptors (Lipinski definition) is 0. The van der Waals surface area contributed by atoms with Crippen molar-refractivity contribution in [3.8, 4) is 0 Å². The van der Waals surface area contributed by atoms with Crippen LogP contribution in [-0.2, 0) is 0 Å². The van der Waals surface area contributed by atoms with E-state index in [4.69, 9.17) is 0 Å². The Labute approximate surface area is 42.4 Å². The standard InChI is InChI=1S/H4P6/c1-5-2-6(1,5,3-5)4-5/h1-4H. The second-order valence-electron chi connectivity index (χ2n) is 2.54. The Morgan fingerprint density at radius 3 is 0.833 bits per heavy atom. The summed E-state index contributed by atoms with van der Waals surface area (Å²) in [6, 6.07) is 0. The van der Waals surface area contributed by atoms with Crippen LogP contribution in [0.1, 0.15) is 0 Å². The van der Waals surface area contributed by atoms with Crippen LogP contribution in [0.5, 0.6) is 0 Å². The van der Waals surface area contributed by atoms with Gasteiger partial charge >= 0.3 is 41.9 Å². The van der Waals surface area contributed by atoms with Crippen molar-refractivity contribution in [2.24, 2.45) is 0 Å². The van der Waals surface area contributed by atoms with Crippen molar-refractivity contribution in [2.75, 3.05) is 0 Å². The predicted molar refractivity (Wildman–Crippen MR) is 47.1 cm³/mol. The second-order valence-corrected chi connectivity index (χ2v) is 68.6. The van der Waals surface area contributed by atoms with Gasteiger partial charge in [0.25, 0.3) is 0 Å². The average molecular weight is 190 g/mol. The minimum absolute atomic E-state index is 0.1000. The molecular formula is H4P6. The molecule has 0 aliphatic carbocycles. The van der Waals surface area contributed by atoms with Crippen molar-refractivity contribution in [2.45, 2.75) is 0 Å². The van der Waals surface area contributed by atoms with Crippen molar-refractivity contribution in [3.05, 3.63) is 0 Å². The summed E-state index contributed by atoms with van der Waals surface area (Å²) in [4.78, 5) is 0. The van der Waals surface area contributed by atoms with Crippen molar-refractivity contribution >= 4 is 41.9 Å². The van der Waals surface area contributed by atoms with Crippen LogP contribution < -0.4 is 0 Å². The first-order valence-electron chi connectivity index (χ1n) is 1.99. The molecule has 0 aromatic heterocycles. The first-order valence-corrected chi connectivity index (χ1v) is 17.9. The van der Waals surface area contributed by atoms with E-state index in [0.717, 1.165) is 0 Å². The zero-order valence-electron chi connectivity index (χ0n) is 2.89. The van der Waals surface area contributed by atoms with Gasteiger partial charge in [0.1, 0.15) is 0 Å². The van der Waals surface area contributed by atoms with Crippen LogP contribution in [0.3, 0.4) is 0 Å². The second kappa shape index (κ2) is 0.465. The van der Waals surface area contributed by atoms with Gasteiger partial charge in [-0.1, -0.05) is 0 Å². The Hall–Kier alpha value is 2.58. The quantitative estimate of drug-likeness (QED) is 0.504. The molecule has 0 unspecified atom stereocenters. The molecule has 6 heavy (non-hydrogen) atoms. The van der Waals surface area contributed by atoms with E-state index in [2.05, 4.69) is 0 Å². The van der Waals surface area contributed by atoms with Crippen molar-refractivity contribution in [1.29, 1.82) is 0 Å². The van der Waals surface area contributed by atoms with E-state index in [1.165, 1.54) is 0 Å². The fraction of sp³-hybridized carbons (Fsp3) is 0. The van der Waals surface area contributed by atoms with Crippen LogP contribution >= 0.6 is 41.9 Å². The maximum atomic E-state index is 1.76. The average Bonchev–Trinajstić information content (AvgIpc) is 1.25. The van der Waals surface area contributed by atoms with Gasteiger partial charge in [0, 0.05) is 0 Å². The van der Waals surface area contributed by atoms with Crippen molar-refractivity contribution < 1.29 is 0 Å². The molecule has 4 aliphatic heterocycles.